The lowest BCUT2D eigenvalue weighted by Crippen LogP contribution is -2.32. The Balaban J connectivity index is 0.00000225. The topological polar surface area (TPSA) is 82.8 Å². The van der Waals surface area contributed by atoms with Crippen molar-refractivity contribution < 1.29 is 19.0 Å². The molecule has 1 amide bonds. The number of rotatable bonds is 4. The minimum Gasteiger partial charge on any atom is -0.497 e. The van der Waals surface area contributed by atoms with Crippen molar-refractivity contribution in [2.45, 2.75) is 6.42 Å². The molecule has 1 unspecified atom stereocenters. The molecule has 25 heavy (non-hydrogen) atoms. The second-order valence-corrected chi connectivity index (χ2v) is 5.63. The van der Waals surface area contributed by atoms with Crippen molar-refractivity contribution in [3.63, 3.8) is 0 Å². The van der Waals surface area contributed by atoms with Gasteiger partial charge in [0.2, 0.25) is 5.91 Å². The van der Waals surface area contributed by atoms with Crippen LogP contribution in [-0.4, -0.2) is 26.7 Å². The minimum absolute atomic E-state index is 0. The number of benzene rings is 2. The Labute approximate surface area is 152 Å². The molecule has 3 N–H and O–H groups in total. The van der Waals surface area contributed by atoms with E-state index < -0.39 is 0 Å². The summed E-state index contributed by atoms with van der Waals surface area (Å²) >= 11 is 0. The van der Waals surface area contributed by atoms with Gasteiger partial charge in [0.05, 0.1) is 31.5 Å². The number of methoxy groups -OCH3 is 2. The second kappa shape index (κ2) is 7.98. The fraction of sp³-hybridized carbons (Fsp3) is 0.278. The summed E-state index contributed by atoms with van der Waals surface area (Å²) < 4.78 is 16.1. The van der Waals surface area contributed by atoms with Crippen molar-refractivity contribution in [3.05, 3.63) is 42.0 Å². The van der Waals surface area contributed by atoms with Crippen LogP contribution in [0.25, 0.3) is 0 Å². The Kier molecular flexibility index (Phi) is 5.98. The predicted molar refractivity (Wildman–Crippen MR) is 99.0 cm³/mol. The molecule has 134 valence electrons. The van der Waals surface area contributed by atoms with Gasteiger partial charge in [0, 0.05) is 6.07 Å². The summed E-state index contributed by atoms with van der Waals surface area (Å²) in [6, 6.07) is 10.8. The fourth-order valence-corrected chi connectivity index (χ4v) is 2.67. The quantitative estimate of drug-likeness (QED) is 0.815. The van der Waals surface area contributed by atoms with Crippen LogP contribution >= 0.6 is 12.4 Å². The summed E-state index contributed by atoms with van der Waals surface area (Å²) in [6.45, 7) is 0.328. The van der Waals surface area contributed by atoms with Crippen LogP contribution in [0, 0.1) is 5.92 Å². The van der Waals surface area contributed by atoms with Crippen LogP contribution in [-0.2, 0) is 11.2 Å². The Hall–Kier alpha value is -2.60. The van der Waals surface area contributed by atoms with Crippen molar-refractivity contribution in [3.8, 4) is 17.2 Å². The van der Waals surface area contributed by atoms with E-state index in [1.165, 1.54) is 0 Å². The van der Waals surface area contributed by atoms with E-state index in [2.05, 4.69) is 5.32 Å². The number of amides is 1. The average molecular weight is 365 g/mol. The normalized spacial score (nSPS) is 15.2. The van der Waals surface area contributed by atoms with Crippen molar-refractivity contribution in [1.82, 2.24) is 0 Å². The van der Waals surface area contributed by atoms with Gasteiger partial charge >= 0.3 is 0 Å². The fourth-order valence-electron chi connectivity index (χ4n) is 2.67. The first-order chi connectivity index (χ1) is 11.6. The van der Waals surface area contributed by atoms with E-state index in [9.17, 15) is 4.79 Å². The zero-order valence-corrected chi connectivity index (χ0v) is 14.9. The molecule has 0 spiro atoms. The van der Waals surface area contributed by atoms with Crippen LogP contribution in [0.5, 0.6) is 17.2 Å². The van der Waals surface area contributed by atoms with Crippen LogP contribution in [0.2, 0.25) is 0 Å². The van der Waals surface area contributed by atoms with Crippen LogP contribution in [0.15, 0.2) is 36.4 Å². The van der Waals surface area contributed by atoms with Gasteiger partial charge in [-0.3, -0.25) is 4.79 Å². The van der Waals surface area contributed by atoms with E-state index >= 15 is 0 Å². The summed E-state index contributed by atoms with van der Waals surface area (Å²) in [7, 11) is 3.18. The number of hydrogen-bond acceptors (Lipinski definition) is 5. The number of hydrogen-bond donors (Lipinski definition) is 2. The van der Waals surface area contributed by atoms with E-state index in [-0.39, 0.29) is 24.2 Å². The molecule has 7 heteroatoms. The molecule has 1 aliphatic heterocycles. The van der Waals surface area contributed by atoms with Gasteiger partial charge in [-0.15, -0.1) is 12.4 Å². The lowest BCUT2D eigenvalue weighted by molar-refractivity contribution is -0.121. The lowest BCUT2D eigenvalue weighted by atomic mass is 9.95. The number of anilines is 2. The standard InChI is InChI=1S/C18H20N2O4.ClH/c1-22-13-4-6-17-11(8-13)7-12(10-24-17)18(21)20-16-9-14(23-2)3-5-15(16)19;/h3-6,8-9,12H,7,10,19H2,1-2H3,(H,20,21);1H. The van der Waals surface area contributed by atoms with Crippen molar-refractivity contribution in [1.29, 1.82) is 0 Å². The van der Waals surface area contributed by atoms with Gasteiger partial charge < -0.3 is 25.3 Å². The van der Waals surface area contributed by atoms with Gasteiger partial charge in [-0.2, -0.15) is 0 Å². The van der Waals surface area contributed by atoms with Crippen LogP contribution < -0.4 is 25.3 Å². The minimum atomic E-state index is -0.296. The van der Waals surface area contributed by atoms with Crippen LogP contribution in [0.3, 0.4) is 0 Å². The highest BCUT2D eigenvalue weighted by Gasteiger charge is 2.27. The first-order valence-corrected chi connectivity index (χ1v) is 7.65. The highest BCUT2D eigenvalue weighted by Crippen LogP contribution is 2.32. The van der Waals surface area contributed by atoms with E-state index in [0.717, 1.165) is 17.1 Å². The van der Waals surface area contributed by atoms with Crippen molar-refractivity contribution in [2.75, 3.05) is 31.9 Å². The smallest absolute Gasteiger partial charge is 0.231 e. The van der Waals surface area contributed by atoms with Gasteiger partial charge in [-0.25, -0.2) is 0 Å². The molecule has 0 aromatic heterocycles. The number of nitrogens with one attached hydrogen (secondary N) is 1. The monoisotopic (exact) mass is 364 g/mol. The molecule has 6 nitrogen and oxygen atoms in total. The highest BCUT2D eigenvalue weighted by molar-refractivity contribution is 5.96. The maximum atomic E-state index is 12.6. The Morgan fingerprint density at radius 1 is 1.16 bits per heavy atom. The molecule has 2 aromatic carbocycles. The van der Waals surface area contributed by atoms with Gasteiger partial charge in [0.15, 0.2) is 0 Å². The maximum absolute atomic E-state index is 12.6. The second-order valence-electron chi connectivity index (χ2n) is 5.63. The predicted octanol–water partition coefficient (Wildman–Crippen LogP) is 2.90. The first kappa shape index (κ1) is 18.7. The van der Waals surface area contributed by atoms with Gasteiger partial charge in [0.1, 0.15) is 23.9 Å². The molecule has 0 saturated carbocycles. The molecule has 2 aromatic rings. The zero-order chi connectivity index (χ0) is 17.1. The van der Waals surface area contributed by atoms with Crippen LogP contribution in [0.4, 0.5) is 11.4 Å². The number of carbonyl (C=O) groups is 1. The van der Waals surface area contributed by atoms with Gasteiger partial charge in [0.25, 0.3) is 0 Å². The SMILES string of the molecule is COc1ccc2c(c1)CC(C(=O)Nc1cc(OC)ccc1N)CO2.Cl. The summed E-state index contributed by atoms with van der Waals surface area (Å²) in [5, 5.41) is 2.86. The third-order valence-corrected chi connectivity index (χ3v) is 4.06. The maximum Gasteiger partial charge on any atom is 0.231 e. The number of nitrogen functional groups attached to an aromatic ring is 1. The molecule has 0 radical (unpaired) electrons. The molecular weight excluding hydrogens is 344 g/mol. The third kappa shape index (κ3) is 4.09. The van der Waals surface area contributed by atoms with Gasteiger partial charge in [-0.1, -0.05) is 0 Å². The Morgan fingerprint density at radius 3 is 2.56 bits per heavy atom. The molecule has 1 heterocycles. The van der Waals surface area contributed by atoms with Crippen molar-refractivity contribution in [2.24, 2.45) is 5.92 Å². The molecule has 1 aliphatic rings. The van der Waals surface area contributed by atoms with E-state index in [1.54, 1.807) is 32.4 Å². The molecule has 0 fully saturated rings. The van der Waals surface area contributed by atoms with E-state index in [4.69, 9.17) is 19.9 Å². The van der Waals surface area contributed by atoms with Gasteiger partial charge in [-0.05, 0) is 42.3 Å². The van der Waals surface area contributed by atoms with Crippen molar-refractivity contribution >= 4 is 29.7 Å². The summed E-state index contributed by atoms with van der Waals surface area (Å²) in [5.74, 6) is 1.74. The first-order valence-electron chi connectivity index (χ1n) is 7.65. The number of ether oxygens (including phenoxy) is 3. The summed E-state index contributed by atoms with van der Waals surface area (Å²) in [5.41, 5.74) is 7.90. The highest BCUT2D eigenvalue weighted by atomic mass is 35.5. The van der Waals surface area contributed by atoms with Crippen LogP contribution in [0.1, 0.15) is 5.56 Å². The lowest BCUT2D eigenvalue weighted by Gasteiger charge is -2.25. The Bertz CT molecular complexity index is 767. The molecular formula is C18H21ClN2O4. The third-order valence-electron chi connectivity index (χ3n) is 4.06. The average Bonchev–Trinajstić information content (AvgIpc) is 2.62. The number of fused-ring (bicyclic) bond motifs is 1. The molecule has 0 saturated heterocycles. The molecule has 0 bridgehead atoms. The summed E-state index contributed by atoms with van der Waals surface area (Å²) in [6.07, 6.45) is 0.586. The molecule has 3 rings (SSSR count). The number of nitrogens with two attached hydrogens (primary N) is 1. The van der Waals surface area contributed by atoms with E-state index in [0.29, 0.717) is 30.2 Å². The zero-order valence-electron chi connectivity index (χ0n) is 14.1. The number of carbonyl (C=O) groups excluding carboxylic acids is 1. The number of halogens is 1. The largest absolute Gasteiger partial charge is 0.497 e. The summed E-state index contributed by atoms with van der Waals surface area (Å²) in [4.78, 5) is 12.6. The molecule has 0 aliphatic carbocycles. The van der Waals surface area contributed by atoms with E-state index in [1.807, 2.05) is 18.2 Å². The Morgan fingerprint density at radius 2 is 1.84 bits per heavy atom. The molecule has 1 atom stereocenters.